The molecule has 384 valence electrons. The van der Waals surface area contributed by atoms with Gasteiger partial charge in [-0.05, 0) is 96.3 Å². The van der Waals surface area contributed by atoms with Gasteiger partial charge in [0.15, 0.2) is 47.7 Å². The van der Waals surface area contributed by atoms with E-state index in [1.807, 2.05) is 43.1 Å². The molecule has 2 aliphatic heterocycles. The molecule has 0 bridgehead atoms. The molecule has 0 unspecified atom stereocenters. The van der Waals surface area contributed by atoms with Crippen LogP contribution in [0.1, 0.15) is 102 Å². The van der Waals surface area contributed by atoms with Crippen LogP contribution in [-0.2, 0) is 19.7 Å². The Morgan fingerprint density at radius 2 is 1.05 bits per heavy atom. The molecule has 0 amide bonds. The van der Waals surface area contributed by atoms with Gasteiger partial charge in [-0.3, -0.25) is 18.3 Å². The molecule has 2 N–H and O–H groups in total. The van der Waals surface area contributed by atoms with Crippen LogP contribution in [0.25, 0.3) is 34.7 Å². The first-order valence-corrected chi connectivity index (χ1v) is 29.0. The van der Waals surface area contributed by atoms with Crippen molar-refractivity contribution in [2.24, 2.45) is 0 Å². The van der Waals surface area contributed by atoms with Crippen molar-refractivity contribution in [3.8, 4) is 34.7 Å². The number of halogens is 1. The van der Waals surface area contributed by atoms with Gasteiger partial charge < -0.3 is 19.8 Å². The summed E-state index contributed by atoms with van der Waals surface area (Å²) < 4.78 is 54.1. The van der Waals surface area contributed by atoms with Crippen LogP contribution in [0.2, 0.25) is 0 Å². The Labute approximate surface area is 436 Å². The average molecular weight is 1110 g/mol. The van der Waals surface area contributed by atoms with Gasteiger partial charge in [0.2, 0.25) is 11.9 Å². The maximum atomic E-state index is 11.9. The van der Waals surface area contributed by atoms with Gasteiger partial charge in [0.05, 0.1) is 34.3 Å². The first kappa shape index (κ1) is 50.8. The zero-order valence-corrected chi connectivity index (χ0v) is 44.3. The first-order chi connectivity index (χ1) is 35.6. The second-order valence-electron chi connectivity index (χ2n) is 18.6. The molecule has 22 nitrogen and oxygen atoms in total. The van der Waals surface area contributed by atoms with Crippen LogP contribution >= 0.6 is 15.9 Å². The molecule has 8 heterocycles. The molecule has 0 saturated heterocycles. The average Bonchev–Trinajstić information content (AvgIpc) is 4.26. The third-order valence-corrected chi connectivity index (χ3v) is 16.8. The van der Waals surface area contributed by atoms with E-state index in [0.29, 0.717) is 34.5 Å². The van der Waals surface area contributed by atoms with Gasteiger partial charge in [0.25, 0.3) is 0 Å². The van der Waals surface area contributed by atoms with Gasteiger partial charge in [-0.1, -0.05) is 51.7 Å². The Kier molecular flexibility index (Phi) is 14.3. The molecule has 2 fully saturated rings. The number of sulfone groups is 2. The van der Waals surface area contributed by atoms with Crippen molar-refractivity contribution < 1.29 is 26.9 Å². The zero-order chi connectivity index (χ0) is 51.9. The molecule has 12 rings (SSSR count). The van der Waals surface area contributed by atoms with Gasteiger partial charge in [-0.15, -0.1) is 20.4 Å². The van der Waals surface area contributed by atoms with Crippen molar-refractivity contribution in [2.75, 3.05) is 22.3 Å². The summed E-state index contributed by atoms with van der Waals surface area (Å²) in [6, 6.07) is 13.3. The summed E-state index contributed by atoms with van der Waals surface area (Å²) in [6.07, 6.45) is 28.1. The van der Waals surface area contributed by atoms with E-state index in [-0.39, 0.29) is 27.3 Å². The number of aromatic nitrogens is 14. The highest BCUT2D eigenvalue weighted by Crippen LogP contribution is 2.44. The highest BCUT2D eigenvalue weighted by atomic mass is 79.9. The molecule has 0 spiro atoms. The first-order valence-electron chi connectivity index (χ1n) is 24.5. The third kappa shape index (κ3) is 9.87. The smallest absolute Gasteiger partial charge is 0.423 e. The molecule has 0 radical (unpaired) electrons. The molecule has 2 aliphatic carbocycles. The van der Waals surface area contributed by atoms with Crippen molar-refractivity contribution in [2.45, 2.75) is 112 Å². The fourth-order valence-electron chi connectivity index (χ4n) is 10.4. The summed E-state index contributed by atoms with van der Waals surface area (Å²) in [4.78, 5) is 33.3. The Balaban J connectivity index is 0.000000141. The van der Waals surface area contributed by atoms with E-state index in [0.717, 1.165) is 72.2 Å². The predicted molar refractivity (Wildman–Crippen MR) is 279 cm³/mol. The summed E-state index contributed by atoms with van der Waals surface area (Å²) in [6.45, 7) is 4.37. The molecule has 8 aromatic rings. The maximum absolute atomic E-state index is 11.9. The van der Waals surface area contributed by atoms with Crippen LogP contribution in [-0.4, -0.2) is 127 Å². The SMILES string of the molecule is CC[C@@H]1c2nncn2-c2cnc(-n3ccnc3-c3ccc(S(C)(=O)=O)cc3)nc2N1C1CCCC1.CC[C@@H]1c2nncn2-c2cnc(-n3ccnc3Br)nc2N1C1CCCC1.CS(=O)(=O)c1ccc(B(O)O)cc1. The van der Waals surface area contributed by atoms with E-state index in [9.17, 15) is 16.8 Å². The summed E-state index contributed by atoms with van der Waals surface area (Å²) >= 11 is 3.46. The summed E-state index contributed by atoms with van der Waals surface area (Å²) in [5.74, 6) is 5.52. The lowest BCUT2D eigenvalue weighted by Gasteiger charge is -2.40. The number of fused-ring (bicyclic) bond motifs is 6. The molecule has 2 atom stereocenters. The number of hydrogen-bond acceptors (Lipinski definition) is 18. The number of nitrogens with zero attached hydrogens (tertiary/aromatic N) is 16. The van der Waals surface area contributed by atoms with E-state index in [1.165, 1.54) is 69.0 Å². The Morgan fingerprint density at radius 3 is 1.49 bits per heavy atom. The Hall–Kier alpha value is -6.74. The number of rotatable bonds is 10. The lowest BCUT2D eigenvalue weighted by atomic mass is 9.81. The van der Waals surface area contributed by atoms with Crippen LogP contribution < -0.4 is 15.3 Å². The molecular weight excluding hydrogens is 1050 g/mol. The third-order valence-electron chi connectivity index (χ3n) is 13.9. The monoisotopic (exact) mass is 1100 g/mol. The minimum atomic E-state index is -3.27. The second kappa shape index (κ2) is 20.9. The molecule has 74 heavy (non-hydrogen) atoms. The maximum Gasteiger partial charge on any atom is 0.488 e. The predicted octanol–water partition coefficient (Wildman–Crippen LogP) is 5.52. The van der Waals surface area contributed by atoms with E-state index in [4.69, 9.17) is 20.0 Å². The molecule has 26 heteroatoms. The minimum absolute atomic E-state index is 0.0987. The normalized spacial score (nSPS) is 17.4. The number of anilines is 2. The largest absolute Gasteiger partial charge is 0.488 e. The van der Waals surface area contributed by atoms with E-state index >= 15 is 0 Å². The van der Waals surface area contributed by atoms with E-state index in [1.54, 1.807) is 49.3 Å². The molecule has 6 aromatic heterocycles. The lowest BCUT2D eigenvalue weighted by Crippen LogP contribution is -2.42. The van der Waals surface area contributed by atoms with Crippen LogP contribution in [0.3, 0.4) is 0 Å². The summed E-state index contributed by atoms with van der Waals surface area (Å²) in [5.41, 5.74) is 2.88. The van der Waals surface area contributed by atoms with Crippen molar-refractivity contribution in [3.63, 3.8) is 0 Å². The number of hydrogen-bond donors (Lipinski definition) is 2. The van der Waals surface area contributed by atoms with Crippen molar-refractivity contribution in [3.05, 3.63) is 115 Å². The fourth-order valence-corrected chi connectivity index (χ4v) is 12.0. The van der Waals surface area contributed by atoms with Crippen molar-refractivity contribution in [1.29, 1.82) is 0 Å². The topological polar surface area (TPSA) is 264 Å². The van der Waals surface area contributed by atoms with Gasteiger partial charge in [-0.2, -0.15) is 9.97 Å². The highest BCUT2D eigenvalue weighted by molar-refractivity contribution is 9.10. The van der Waals surface area contributed by atoms with Crippen LogP contribution in [0.4, 0.5) is 11.6 Å². The molecular formula is C48H54BBrN16O6S2. The summed E-state index contributed by atoms with van der Waals surface area (Å²) in [7, 11) is -8.04. The second-order valence-corrected chi connectivity index (χ2v) is 23.4. The standard InChI is InChI=1S/C24H26N8O2S.C17H19BrN8.C7H9BO4S/c1-3-19-23-29-27-15-31(23)20-14-26-24(28-22(20)32(19)17-6-4-5-7-17)30-13-12-25-21(30)16-8-10-18(11-9-16)35(2,33)34;1-2-12-15-23-21-10-25(15)13-9-20-17(24-8-7-19-16(24)18)22-14(13)26(12)11-5-3-4-6-11;1-13(11,12)7-4-2-6(3-5-7)8(9)10/h8-15,17,19H,3-7H2,1-2H3;7-12H,2-6H2,1H3;2-5,9-10H,1H3/t19-;12-;/m11./s1. The molecule has 2 aromatic carbocycles. The van der Waals surface area contributed by atoms with Gasteiger partial charge in [-0.25, -0.2) is 36.8 Å². The zero-order valence-electron chi connectivity index (χ0n) is 41.1. The van der Waals surface area contributed by atoms with Crippen LogP contribution in [0, 0.1) is 0 Å². The highest BCUT2D eigenvalue weighted by Gasteiger charge is 2.40. The van der Waals surface area contributed by atoms with Crippen molar-refractivity contribution in [1.82, 2.24) is 68.6 Å². The van der Waals surface area contributed by atoms with Gasteiger partial charge in [0.1, 0.15) is 29.9 Å². The quantitative estimate of drug-likeness (QED) is 0.160. The lowest BCUT2D eigenvalue weighted by molar-refractivity contribution is 0.425. The minimum Gasteiger partial charge on any atom is -0.423 e. The fraction of sp³-hybridized carbons (Fsp3) is 0.375. The summed E-state index contributed by atoms with van der Waals surface area (Å²) in [5, 5.41) is 34.6. The van der Waals surface area contributed by atoms with Crippen molar-refractivity contribution >= 4 is 59.8 Å². The van der Waals surface area contributed by atoms with Gasteiger partial charge >= 0.3 is 7.12 Å². The Morgan fingerprint density at radius 1 is 0.608 bits per heavy atom. The molecule has 4 aliphatic rings. The van der Waals surface area contributed by atoms with Gasteiger partial charge in [0, 0.05) is 54.9 Å². The Bertz CT molecular complexity index is 3500. The molecule has 2 saturated carbocycles. The number of benzene rings is 2. The van der Waals surface area contributed by atoms with E-state index in [2.05, 4.69) is 79.9 Å². The van der Waals surface area contributed by atoms with E-state index < -0.39 is 26.8 Å². The number of imidazole rings is 2. The van der Waals surface area contributed by atoms with Crippen LogP contribution in [0.5, 0.6) is 0 Å². The van der Waals surface area contributed by atoms with Crippen LogP contribution in [0.15, 0.2) is 113 Å².